The average molecular weight is 282 g/mol. The van der Waals surface area contributed by atoms with Gasteiger partial charge in [-0.05, 0) is 37.1 Å². The van der Waals surface area contributed by atoms with Crippen molar-refractivity contribution in [3.63, 3.8) is 0 Å². The third kappa shape index (κ3) is 3.16. The van der Waals surface area contributed by atoms with Crippen LogP contribution in [0.3, 0.4) is 0 Å². The fourth-order valence-corrected chi connectivity index (χ4v) is 2.32. The molecule has 1 N–H and O–H groups in total. The minimum atomic E-state index is 0.0809. The van der Waals surface area contributed by atoms with E-state index in [-0.39, 0.29) is 6.04 Å². The highest BCUT2D eigenvalue weighted by Gasteiger charge is 2.20. The smallest absolute Gasteiger partial charge is 0.154 e. The van der Waals surface area contributed by atoms with Gasteiger partial charge >= 0.3 is 0 Å². The van der Waals surface area contributed by atoms with E-state index in [0.29, 0.717) is 12.2 Å². The number of piperidine rings is 1. The van der Waals surface area contributed by atoms with Crippen molar-refractivity contribution in [2.24, 2.45) is 0 Å². The third-order valence-electron chi connectivity index (χ3n) is 2.99. The monoisotopic (exact) mass is 281 g/mol. The molecule has 2 nitrogen and oxygen atoms in total. The van der Waals surface area contributed by atoms with E-state index in [1.165, 1.54) is 12.8 Å². The molecule has 0 radical (unpaired) electrons. The van der Waals surface area contributed by atoms with Crippen molar-refractivity contribution in [1.82, 2.24) is 5.32 Å². The highest BCUT2D eigenvalue weighted by molar-refractivity contribution is 9.10. The van der Waals surface area contributed by atoms with E-state index in [1.54, 1.807) is 0 Å². The summed E-state index contributed by atoms with van der Waals surface area (Å²) in [5.41, 5.74) is 1.10. The Morgan fingerprint density at radius 2 is 2.06 bits per heavy atom. The molecule has 1 unspecified atom stereocenters. The number of benzene rings is 1. The molecule has 0 aromatic heterocycles. The van der Waals surface area contributed by atoms with E-state index >= 15 is 0 Å². The fourth-order valence-electron chi connectivity index (χ4n) is 2.05. The van der Waals surface area contributed by atoms with Crippen LogP contribution in [0.1, 0.15) is 24.8 Å². The lowest BCUT2D eigenvalue weighted by molar-refractivity contribution is -0.120. The first-order chi connectivity index (χ1) is 7.75. The first-order valence-corrected chi connectivity index (χ1v) is 6.55. The van der Waals surface area contributed by atoms with Gasteiger partial charge in [-0.2, -0.15) is 0 Å². The number of rotatable bonds is 3. The number of ketones is 1. The number of Topliss-reactive ketones (excluding diaryl/α,β-unsaturated/α-hetero) is 1. The van der Waals surface area contributed by atoms with Crippen molar-refractivity contribution in [1.29, 1.82) is 0 Å². The summed E-state index contributed by atoms with van der Waals surface area (Å²) >= 11 is 3.39. The molecule has 1 heterocycles. The van der Waals surface area contributed by atoms with Gasteiger partial charge in [0.2, 0.25) is 0 Å². The molecule has 16 heavy (non-hydrogen) atoms. The summed E-state index contributed by atoms with van der Waals surface area (Å²) in [6.07, 6.45) is 3.91. The Morgan fingerprint density at radius 1 is 1.31 bits per heavy atom. The van der Waals surface area contributed by atoms with E-state index in [0.717, 1.165) is 23.0 Å². The van der Waals surface area contributed by atoms with Gasteiger partial charge in [0.25, 0.3) is 0 Å². The summed E-state index contributed by atoms with van der Waals surface area (Å²) in [5, 5.41) is 3.29. The van der Waals surface area contributed by atoms with Gasteiger partial charge in [0.1, 0.15) is 0 Å². The molecular formula is C13H16BrNO. The van der Waals surface area contributed by atoms with E-state index in [4.69, 9.17) is 0 Å². The molecule has 3 heteroatoms. The maximum absolute atomic E-state index is 12.0. The Morgan fingerprint density at radius 3 is 2.69 bits per heavy atom. The van der Waals surface area contributed by atoms with Crippen LogP contribution in [0, 0.1) is 0 Å². The summed E-state index contributed by atoms with van der Waals surface area (Å²) in [7, 11) is 0. The zero-order valence-electron chi connectivity index (χ0n) is 9.21. The predicted molar refractivity (Wildman–Crippen MR) is 68.5 cm³/mol. The molecule has 1 aromatic rings. The molecule has 0 spiro atoms. The van der Waals surface area contributed by atoms with Crippen molar-refractivity contribution in [2.75, 3.05) is 6.54 Å². The van der Waals surface area contributed by atoms with Crippen LogP contribution in [0.5, 0.6) is 0 Å². The Bertz CT molecular complexity index is 355. The van der Waals surface area contributed by atoms with E-state index in [2.05, 4.69) is 21.2 Å². The van der Waals surface area contributed by atoms with Gasteiger partial charge in [0.05, 0.1) is 6.04 Å². The summed E-state index contributed by atoms with van der Waals surface area (Å²) in [4.78, 5) is 12.0. The topological polar surface area (TPSA) is 29.1 Å². The molecule has 0 bridgehead atoms. The quantitative estimate of drug-likeness (QED) is 0.923. The average Bonchev–Trinajstić information content (AvgIpc) is 2.33. The SMILES string of the molecule is O=C(Cc1ccc(Br)cc1)C1CCCCN1. The molecule has 1 aliphatic rings. The van der Waals surface area contributed by atoms with Crippen LogP contribution in [0.15, 0.2) is 28.7 Å². The first kappa shape index (κ1) is 11.8. The molecule has 1 fully saturated rings. The van der Waals surface area contributed by atoms with Crippen LogP contribution < -0.4 is 5.32 Å². The summed E-state index contributed by atoms with van der Waals surface area (Å²) < 4.78 is 1.06. The van der Waals surface area contributed by atoms with Crippen molar-refractivity contribution in [3.8, 4) is 0 Å². The Kier molecular flexibility index (Phi) is 4.13. The Balaban J connectivity index is 1.93. The number of carbonyl (C=O) groups is 1. The lowest BCUT2D eigenvalue weighted by Crippen LogP contribution is -2.41. The Hall–Kier alpha value is -0.670. The molecule has 1 atom stereocenters. The predicted octanol–water partition coefficient (Wildman–Crippen LogP) is 2.70. The minimum absolute atomic E-state index is 0.0809. The molecule has 1 aromatic carbocycles. The number of nitrogens with one attached hydrogen (secondary N) is 1. The lowest BCUT2D eigenvalue weighted by Gasteiger charge is -2.22. The largest absolute Gasteiger partial charge is 0.307 e. The maximum Gasteiger partial charge on any atom is 0.154 e. The standard InChI is InChI=1S/C13H16BrNO/c14-11-6-4-10(5-7-11)9-13(16)12-3-1-2-8-15-12/h4-7,12,15H,1-3,8-9H2. The van der Waals surface area contributed by atoms with Gasteiger partial charge < -0.3 is 5.32 Å². The summed E-state index contributed by atoms with van der Waals surface area (Å²) in [5.74, 6) is 0.321. The van der Waals surface area contributed by atoms with Crippen LogP contribution in [-0.4, -0.2) is 18.4 Å². The van der Waals surface area contributed by atoms with E-state index in [1.807, 2.05) is 24.3 Å². The molecule has 0 amide bonds. The maximum atomic E-state index is 12.0. The molecule has 0 saturated carbocycles. The fraction of sp³-hybridized carbons (Fsp3) is 0.462. The third-order valence-corrected chi connectivity index (χ3v) is 3.52. The first-order valence-electron chi connectivity index (χ1n) is 5.76. The zero-order valence-corrected chi connectivity index (χ0v) is 10.8. The van der Waals surface area contributed by atoms with Gasteiger partial charge in [-0.15, -0.1) is 0 Å². The second kappa shape index (κ2) is 5.60. The van der Waals surface area contributed by atoms with Gasteiger partial charge in [-0.3, -0.25) is 4.79 Å². The second-order valence-corrected chi connectivity index (χ2v) is 5.19. The van der Waals surface area contributed by atoms with Crippen LogP contribution in [0.4, 0.5) is 0 Å². The zero-order chi connectivity index (χ0) is 11.4. The van der Waals surface area contributed by atoms with E-state index < -0.39 is 0 Å². The van der Waals surface area contributed by atoms with Gasteiger partial charge in [0, 0.05) is 10.9 Å². The minimum Gasteiger partial charge on any atom is -0.307 e. The normalized spacial score (nSPS) is 20.7. The summed E-state index contributed by atoms with van der Waals surface area (Å²) in [6, 6.07) is 8.06. The van der Waals surface area contributed by atoms with Gasteiger partial charge in [-0.25, -0.2) is 0 Å². The van der Waals surface area contributed by atoms with Crippen LogP contribution in [-0.2, 0) is 11.2 Å². The van der Waals surface area contributed by atoms with Crippen molar-refractivity contribution >= 4 is 21.7 Å². The molecule has 1 saturated heterocycles. The van der Waals surface area contributed by atoms with Crippen LogP contribution in [0.2, 0.25) is 0 Å². The van der Waals surface area contributed by atoms with E-state index in [9.17, 15) is 4.79 Å². The highest BCUT2D eigenvalue weighted by atomic mass is 79.9. The van der Waals surface area contributed by atoms with Crippen molar-refractivity contribution in [3.05, 3.63) is 34.3 Å². The van der Waals surface area contributed by atoms with Gasteiger partial charge in [-0.1, -0.05) is 34.5 Å². The molecular weight excluding hydrogens is 266 g/mol. The summed E-state index contributed by atoms with van der Waals surface area (Å²) in [6.45, 7) is 0.983. The van der Waals surface area contributed by atoms with Crippen molar-refractivity contribution in [2.45, 2.75) is 31.7 Å². The number of hydrogen-bond donors (Lipinski definition) is 1. The number of halogens is 1. The molecule has 2 rings (SSSR count). The number of hydrogen-bond acceptors (Lipinski definition) is 2. The molecule has 86 valence electrons. The van der Waals surface area contributed by atoms with Crippen LogP contribution in [0.25, 0.3) is 0 Å². The molecule has 0 aliphatic carbocycles. The number of carbonyl (C=O) groups excluding carboxylic acids is 1. The van der Waals surface area contributed by atoms with Crippen molar-refractivity contribution < 1.29 is 4.79 Å². The molecule has 1 aliphatic heterocycles. The second-order valence-electron chi connectivity index (χ2n) is 4.27. The van der Waals surface area contributed by atoms with Crippen LogP contribution >= 0.6 is 15.9 Å². The van der Waals surface area contributed by atoms with Gasteiger partial charge in [0.15, 0.2) is 5.78 Å². The lowest BCUT2D eigenvalue weighted by atomic mass is 9.97. The Labute approximate surface area is 105 Å². The highest BCUT2D eigenvalue weighted by Crippen LogP contribution is 2.14.